The molecule has 156 valence electrons. The van der Waals surface area contributed by atoms with Gasteiger partial charge in [-0.2, -0.15) is 13.5 Å². The van der Waals surface area contributed by atoms with E-state index in [-0.39, 0.29) is 22.6 Å². The summed E-state index contributed by atoms with van der Waals surface area (Å²) in [5, 5.41) is 17.3. The number of phenolic OH excluding ortho intramolecular Hbond substituents is 1. The Morgan fingerprint density at radius 1 is 1.10 bits per heavy atom. The van der Waals surface area contributed by atoms with Crippen LogP contribution in [0.4, 0.5) is 0 Å². The molecule has 2 aromatic carbocycles. The zero-order valence-electron chi connectivity index (χ0n) is 17.3. The molecule has 1 aliphatic heterocycles. The number of hydrazone groups is 1. The standard InChI is InChI=1S/C20H25N3O4S2/c1-12-7-9-16(10-8-12)29(25,26)27-19-14(3)13(2)17(24)11-18(19)28-20-21-23(6)15(4)22(20)5/h7-11,15,24H,1-6H3. The third kappa shape index (κ3) is 4.16. The molecular formula is C20H25N3O4S2. The summed E-state index contributed by atoms with van der Waals surface area (Å²) in [5.41, 5.74) is 2.08. The Kier molecular flexibility index (Phi) is 5.73. The van der Waals surface area contributed by atoms with Crippen LogP contribution < -0.4 is 4.18 Å². The van der Waals surface area contributed by atoms with Crippen LogP contribution in [0.3, 0.4) is 0 Å². The Hall–Kier alpha value is -2.39. The van der Waals surface area contributed by atoms with E-state index in [1.54, 1.807) is 26.0 Å². The fourth-order valence-corrected chi connectivity index (χ4v) is 4.95. The number of hydrogen-bond acceptors (Lipinski definition) is 8. The molecule has 7 nitrogen and oxygen atoms in total. The summed E-state index contributed by atoms with van der Waals surface area (Å²) in [6.45, 7) is 7.35. The molecule has 1 atom stereocenters. The van der Waals surface area contributed by atoms with E-state index in [1.165, 1.54) is 30.0 Å². The molecule has 29 heavy (non-hydrogen) atoms. The fraction of sp³-hybridized carbons (Fsp3) is 0.350. The number of thioether (sulfide) groups is 1. The van der Waals surface area contributed by atoms with E-state index in [9.17, 15) is 13.5 Å². The van der Waals surface area contributed by atoms with Crippen molar-refractivity contribution in [3.8, 4) is 11.5 Å². The Labute approximate surface area is 176 Å². The second kappa shape index (κ2) is 7.79. The molecule has 0 aliphatic carbocycles. The van der Waals surface area contributed by atoms with Gasteiger partial charge in [-0.3, -0.25) is 5.01 Å². The maximum Gasteiger partial charge on any atom is 0.339 e. The summed E-state index contributed by atoms with van der Waals surface area (Å²) in [7, 11) is -0.258. The first-order valence-electron chi connectivity index (χ1n) is 9.07. The number of aromatic hydroxyl groups is 1. The minimum Gasteiger partial charge on any atom is -0.508 e. The van der Waals surface area contributed by atoms with E-state index in [0.717, 1.165) is 5.56 Å². The maximum atomic E-state index is 12.9. The highest BCUT2D eigenvalue weighted by atomic mass is 32.2. The van der Waals surface area contributed by atoms with E-state index < -0.39 is 10.1 Å². The van der Waals surface area contributed by atoms with Crippen LogP contribution in [0.2, 0.25) is 0 Å². The van der Waals surface area contributed by atoms with Crippen molar-refractivity contribution >= 4 is 27.0 Å². The molecule has 9 heteroatoms. The molecule has 2 aromatic rings. The minimum atomic E-state index is -4.03. The monoisotopic (exact) mass is 435 g/mol. The summed E-state index contributed by atoms with van der Waals surface area (Å²) in [4.78, 5) is 2.53. The van der Waals surface area contributed by atoms with Gasteiger partial charge in [-0.25, -0.2) is 0 Å². The molecule has 1 heterocycles. The van der Waals surface area contributed by atoms with Crippen LogP contribution in [0.1, 0.15) is 23.6 Å². The normalized spacial score (nSPS) is 16.9. The third-order valence-electron chi connectivity index (χ3n) is 5.13. The molecule has 0 spiro atoms. The highest BCUT2D eigenvalue weighted by Gasteiger charge is 2.29. The average Bonchev–Trinajstić information content (AvgIpc) is 2.90. The Morgan fingerprint density at radius 3 is 2.28 bits per heavy atom. The van der Waals surface area contributed by atoms with E-state index in [2.05, 4.69) is 5.10 Å². The molecule has 0 bridgehead atoms. The van der Waals surface area contributed by atoms with Crippen molar-refractivity contribution in [2.75, 3.05) is 14.1 Å². The lowest BCUT2D eigenvalue weighted by Crippen LogP contribution is -2.34. The van der Waals surface area contributed by atoms with Crippen molar-refractivity contribution < 1.29 is 17.7 Å². The van der Waals surface area contributed by atoms with Crippen LogP contribution in [0, 0.1) is 20.8 Å². The second-order valence-electron chi connectivity index (χ2n) is 7.12. The largest absolute Gasteiger partial charge is 0.508 e. The van der Waals surface area contributed by atoms with Gasteiger partial charge in [0.1, 0.15) is 16.8 Å². The van der Waals surface area contributed by atoms with Gasteiger partial charge in [0.2, 0.25) is 0 Å². The van der Waals surface area contributed by atoms with E-state index in [1.807, 2.05) is 37.9 Å². The number of aryl methyl sites for hydroxylation is 1. The van der Waals surface area contributed by atoms with Gasteiger partial charge in [-0.1, -0.05) is 17.7 Å². The van der Waals surface area contributed by atoms with Crippen LogP contribution in [0.25, 0.3) is 0 Å². The SMILES string of the molecule is Cc1ccc(S(=O)(=O)Oc2c(SC3=NN(C)C(C)N3C)cc(O)c(C)c2C)cc1. The van der Waals surface area contributed by atoms with E-state index >= 15 is 0 Å². The summed E-state index contributed by atoms with van der Waals surface area (Å²) < 4.78 is 31.3. The van der Waals surface area contributed by atoms with Crippen LogP contribution >= 0.6 is 11.8 Å². The van der Waals surface area contributed by atoms with E-state index in [0.29, 0.717) is 21.2 Å². The number of phenols is 1. The van der Waals surface area contributed by atoms with Crippen LogP contribution in [0.15, 0.2) is 45.2 Å². The van der Waals surface area contributed by atoms with Crippen molar-refractivity contribution in [2.45, 2.75) is 43.7 Å². The number of benzene rings is 2. The highest BCUT2D eigenvalue weighted by Crippen LogP contribution is 2.41. The van der Waals surface area contributed by atoms with Crippen molar-refractivity contribution in [3.63, 3.8) is 0 Å². The molecule has 1 N–H and O–H groups in total. The lowest BCUT2D eigenvalue weighted by Gasteiger charge is -2.22. The molecule has 1 unspecified atom stereocenters. The summed E-state index contributed by atoms with van der Waals surface area (Å²) in [6.07, 6.45) is 0.0679. The quantitative estimate of drug-likeness (QED) is 0.734. The molecule has 0 saturated carbocycles. The van der Waals surface area contributed by atoms with Gasteiger partial charge >= 0.3 is 10.1 Å². The third-order valence-corrected chi connectivity index (χ3v) is 7.44. The van der Waals surface area contributed by atoms with Gasteiger partial charge in [0, 0.05) is 19.7 Å². The fourth-order valence-electron chi connectivity index (χ4n) is 2.78. The van der Waals surface area contributed by atoms with Gasteiger partial charge in [0.15, 0.2) is 10.9 Å². The second-order valence-corrected chi connectivity index (χ2v) is 9.68. The highest BCUT2D eigenvalue weighted by molar-refractivity contribution is 8.14. The molecule has 0 amide bonds. The predicted octanol–water partition coefficient (Wildman–Crippen LogP) is 3.67. The molecule has 3 rings (SSSR count). The molecule has 0 aromatic heterocycles. The predicted molar refractivity (Wildman–Crippen MR) is 115 cm³/mol. The first-order valence-corrected chi connectivity index (χ1v) is 11.3. The lowest BCUT2D eigenvalue weighted by atomic mass is 10.1. The Balaban J connectivity index is 2.03. The number of amidine groups is 1. The average molecular weight is 436 g/mol. The summed E-state index contributed by atoms with van der Waals surface area (Å²) in [6, 6.07) is 8.00. The first-order chi connectivity index (χ1) is 13.5. The number of nitrogens with zero attached hydrogens (tertiary/aromatic N) is 3. The van der Waals surface area contributed by atoms with Gasteiger partial charge < -0.3 is 14.2 Å². The number of rotatable bonds is 4. The van der Waals surface area contributed by atoms with Gasteiger partial charge in [-0.05, 0) is 63.2 Å². The smallest absolute Gasteiger partial charge is 0.339 e. The van der Waals surface area contributed by atoms with Gasteiger partial charge in [-0.15, -0.1) is 0 Å². The van der Waals surface area contributed by atoms with Gasteiger partial charge in [0.05, 0.1) is 4.90 Å². The first kappa shape index (κ1) is 21.3. The van der Waals surface area contributed by atoms with Crippen LogP contribution in [0.5, 0.6) is 11.5 Å². The van der Waals surface area contributed by atoms with Gasteiger partial charge in [0.25, 0.3) is 0 Å². The maximum absolute atomic E-state index is 12.9. The van der Waals surface area contributed by atoms with Crippen molar-refractivity contribution in [1.29, 1.82) is 0 Å². The minimum absolute atomic E-state index is 0.0679. The molecule has 0 fully saturated rings. The van der Waals surface area contributed by atoms with Crippen LogP contribution in [-0.4, -0.2) is 48.9 Å². The Morgan fingerprint density at radius 2 is 1.72 bits per heavy atom. The summed E-state index contributed by atoms with van der Waals surface area (Å²) in [5.74, 6) is 0.275. The van der Waals surface area contributed by atoms with Crippen LogP contribution in [-0.2, 0) is 10.1 Å². The Bertz CT molecular complexity index is 1070. The zero-order chi connectivity index (χ0) is 21.5. The topological polar surface area (TPSA) is 82.4 Å². The van der Waals surface area contributed by atoms with Crippen molar-refractivity contribution in [3.05, 3.63) is 47.0 Å². The number of hydrogen-bond donors (Lipinski definition) is 1. The van der Waals surface area contributed by atoms with E-state index in [4.69, 9.17) is 4.18 Å². The molecular weight excluding hydrogens is 410 g/mol. The van der Waals surface area contributed by atoms with Crippen molar-refractivity contribution in [2.24, 2.45) is 5.10 Å². The van der Waals surface area contributed by atoms with Crippen molar-refractivity contribution in [1.82, 2.24) is 9.91 Å². The molecule has 0 saturated heterocycles. The molecule has 0 radical (unpaired) electrons. The lowest BCUT2D eigenvalue weighted by molar-refractivity contribution is 0.200. The molecule has 1 aliphatic rings. The summed E-state index contributed by atoms with van der Waals surface area (Å²) >= 11 is 1.25. The zero-order valence-corrected chi connectivity index (χ0v) is 18.9.